The zero-order chi connectivity index (χ0) is 12.8. The summed E-state index contributed by atoms with van der Waals surface area (Å²) < 4.78 is 5.19. The Labute approximate surface area is 105 Å². The Hall–Kier alpha value is -0.180. The van der Waals surface area contributed by atoms with Gasteiger partial charge in [-0.25, -0.2) is 0 Å². The summed E-state index contributed by atoms with van der Waals surface area (Å²) in [5.74, 6) is 1.87. The number of carbonyl (C=O) groups excluding carboxylic acids is 1. The molecule has 0 atom stereocenters. The first kappa shape index (κ1) is 15.8. The molecule has 0 spiro atoms. The lowest BCUT2D eigenvalue weighted by Crippen LogP contribution is -2.18. The fourth-order valence-electron chi connectivity index (χ4n) is 0.903. The van der Waals surface area contributed by atoms with Crippen molar-refractivity contribution in [2.24, 2.45) is 10.8 Å². The Balaban J connectivity index is 3.52. The SMILES string of the molecule is CC(C)(C)COC(=O)CCSCC(C)(C)C. The second-order valence-corrected chi connectivity index (χ2v) is 7.69. The van der Waals surface area contributed by atoms with E-state index in [9.17, 15) is 4.79 Å². The monoisotopic (exact) mass is 246 g/mol. The molecule has 0 N–H and O–H groups in total. The van der Waals surface area contributed by atoms with E-state index in [1.54, 1.807) is 0 Å². The van der Waals surface area contributed by atoms with Gasteiger partial charge in [-0.2, -0.15) is 11.8 Å². The van der Waals surface area contributed by atoms with Crippen LogP contribution < -0.4 is 0 Å². The molecule has 3 heteroatoms. The molecule has 0 unspecified atom stereocenters. The molecule has 0 amide bonds. The van der Waals surface area contributed by atoms with Crippen LogP contribution in [0.4, 0.5) is 0 Å². The summed E-state index contributed by atoms with van der Waals surface area (Å²) in [6.07, 6.45) is 0.525. The summed E-state index contributed by atoms with van der Waals surface area (Å²) in [5.41, 5.74) is 0.397. The molecule has 0 aliphatic carbocycles. The number of rotatable bonds is 5. The van der Waals surface area contributed by atoms with Gasteiger partial charge in [0.05, 0.1) is 13.0 Å². The van der Waals surface area contributed by atoms with Crippen molar-refractivity contribution in [2.45, 2.75) is 48.0 Å². The highest BCUT2D eigenvalue weighted by Crippen LogP contribution is 2.21. The maximum absolute atomic E-state index is 11.4. The van der Waals surface area contributed by atoms with Crippen LogP contribution in [0.3, 0.4) is 0 Å². The molecule has 0 bridgehead atoms. The number of hydrogen-bond acceptors (Lipinski definition) is 3. The Kier molecular flexibility index (Phi) is 6.46. The van der Waals surface area contributed by atoms with Crippen molar-refractivity contribution in [3.63, 3.8) is 0 Å². The predicted octanol–water partition coefficient (Wildman–Crippen LogP) is 3.75. The number of hydrogen-bond donors (Lipinski definition) is 0. The van der Waals surface area contributed by atoms with E-state index in [1.807, 2.05) is 11.8 Å². The van der Waals surface area contributed by atoms with Gasteiger partial charge in [-0.1, -0.05) is 41.5 Å². The fraction of sp³-hybridized carbons (Fsp3) is 0.923. The molecule has 0 rings (SSSR count). The number of thioether (sulfide) groups is 1. The van der Waals surface area contributed by atoms with Gasteiger partial charge in [-0.15, -0.1) is 0 Å². The summed E-state index contributed by atoms with van der Waals surface area (Å²) in [7, 11) is 0. The third-order valence-electron chi connectivity index (χ3n) is 1.65. The highest BCUT2D eigenvalue weighted by molar-refractivity contribution is 7.99. The van der Waals surface area contributed by atoms with Crippen LogP contribution in [-0.4, -0.2) is 24.1 Å². The highest BCUT2D eigenvalue weighted by Gasteiger charge is 2.14. The van der Waals surface area contributed by atoms with E-state index in [2.05, 4.69) is 41.5 Å². The van der Waals surface area contributed by atoms with Crippen LogP contribution in [0, 0.1) is 10.8 Å². The summed E-state index contributed by atoms with van der Waals surface area (Å²) in [5, 5.41) is 0. The summed E-state index contributed by atoms with van der Waals surface area (Å²) in [4.78, 5) is 11.4. The van der Waals surface area contributed by atoms with Gasteiger partial charge in [-0.05, 0) is 16.6 Å². The second-order valence-electron chi connectivity index (χ2n) is 6.58. The molecule has 0 radical (unpaired) electrons. The van der Waals surface area contributed by atoms with E-state index < -0.39 is 0 Å². The van der Waals surface area contributed by atoms with E-state index in [1.165, 1.54) is 0 Å². The van der Waals surface area contributed by atoms with Gasteiger partial charge >= 0.3 is 5.97 Å². The average molecular weight is 246 g/mol. The van der Waals surface area contributed by atoms with Gasteiger partial charge in [0.15, 0.2) is 0 Å². The Morgan fingerprint density at radius 2 is 1.62 bits per heavy atom. The minimum absolute atomic E-state index is 0.0637. The zero-order valence-corrected chi connectivity index (χ0v) is 12.4. The Morgan fingerprint density at radius 3 is 2.06 bits per heavy atom. The molecule has 0 saturated carbocycles. The summed E-state index contributed by atoms with van der Waals surface area (Å²) >= 11 is 1.82. The highest BCUT2D eigenvalue weighted by atomic mass is 32.2. The van der Waals surface area contributed by atoms with Crippen molar-refractivity contribution in [1.82, 2.24) is 0 Å². The molecule has 0 aromatic carbocycles. The first-order chi connectivity index (χ1) is 7.10. The molecular formula is C13H26O2S. The molecule has 0 aromatic rings. The van der Waals surface area contributed by atoms with E-state index in [0.717, 1.165) is 11.5 Å². The minimum atomic E-state index is -0.0728. The first-order valence-corrected chi connectivity index (χ1v) is 6.99. The third kappa shape index (κ3) is 11.9. The smallest absolute Gasteiger partial charge is 0.306 e. The van der Waals surface area contributed by atoms with Crippen LogP contribution in [0.1, 0.15) is 48.0 Å². The minimum Gasteiger partial charge on any atom is -0.465 e. The van der Waals surface area contributed by atoms with E-state index in [-0.39, 0.29) is 11.4 Å². The van der Waals surface area contributed by atoms with Crippen molar-refractivity contribution in [2.75, 3.05) is 18.1 Å². The van der Waals surface area contributed by atoms with Crippen LogP contribution in [0.25, 0.3) is 0 Å². The molecule has 0 aromatic heterocycles. The van der Waals surface area contributed by atoms with Crippen molar-refractivity contribution >= 4 is 17.7 Å². The molecule has 16 heavy (non-hydrogen) atoms. The lowest BCUT2D eigenvalue weighted by atomic mass is 9.99. The molecule has 0 aliphatic rings. The van der Waals surface area contributed by atoms with Crippen molar-refractivity contribution in [3.05, 3.63) is 0 Å². The van der Waals surface area contributed by atoms with Gasteiger partial charge in [0, 0.05) is 5.75 Å². The van der Waals surface area contributed by atoms with Gasteiger partial charge in [0.25, 0.3) is 0 Å². The lowest BCUT2D eigenvalue weighted by molar-refractivity contribution is -0.145. The van der Waals surface area contributed by atoms with Crippen LogP contribution in [0.5, 0.6) is 0 Å². The molecule has 0 aliphatic heterocycles. The molecule has 0 saturated heterocycles. The van der Waals surface area contributed by atoms with Crippen LogP contribution in [-0.2, 0) is 9.53 Å². The molecular weight excluding hydrogens is 220 g/mol. The average Bonchev–Trinajstić information content (AvgIpc) is 2.06. The maximum atomic E-state index is 11.4. The van der Waals surface area contributed by atoms with E-state index in [0.29, 0.717) is 18.4 Å². The maximum Gasteiger partial charge on any atom is 0.306 e. The normalized spacial score (nSPS) is 12.6. The molecule has 2 nitrogen and oxygen atoms in total. The largest absolute Gasteiger partial charge is 0.465 e. The predicted molar refractivity (Wildman–Crippen MR) is 71.8 cm³/mol. The van der Waals surface area contributed by atoms with Gasteiger partial charge in [0.1, 0.15) is 0 Å². The molecule has 96 valence electrons. The lowest BCUT2D eigenvalue weighted by Gasteiger charge is -2.18. The van der Waals surface area contributed by atoms with Gasteiger partial charge in [-0.3, -0.25) is 4.79 Å². The van der Waals surface area contributed by atoms with Crippen LogP contribution >= 0.6 is 11.8 Å². The standard InChI is InChI=1S/C13H26O2S/c1-12(2,3)9-15-11(14)7-8-16-10-13(4,5)6/h7-10H2,1-6H3. The quantitative estimate of drug-likeness (QED) is 0.546. The van der Waals surface area contributed by atoms with Gasteiger partial charge < -0.3 is 4.74 Å². The van der Waals surface area contributed by atoms with Crippen molar-refractivity contribution < 1.29 is 9.53 Å². The first-order valence-electron chi connectivity index (χ1n) is 5.83. The number of ether oxygens (including phenoxy) is 1. The topological polar surface area (TPSA) is 26.3 Å². The van der Waals surface area contributed by atoms with E-state index in [4.69, 9.17) is 4.74 Å². The molecule has 0 fully saturated rings. The summed E-state index contributed by atoms with van der Waals surface area (Å²) in [6.45, 7) is 13.3. The fourth-order valence-corrected chi connectivity index (χ4v) is 1.97. The van der Waals surface area contributed by atoms with Crippen LogP contribution in [0.15, 0.2) is 0 Å². The van der Waals surface area contributed by atoms with Crippen LogP contribution in [0.2, 0.25) is 0 Å². The Bertz CT molecular complexity index is 211. The second kappa shape index (κ2) is 6.53. The third-order valence-corrected chi connectivity index (χ3v) is 3.21. The number of carbonyl (C=O) groups is 1. The Morgan fingerprint density at radius 1 is 1.06 bits per heavy atom. The zero-order valence-electron chi connectivity index (χ0n) is 11.6. The summed E-state index contributed by atoms with van der Waals surface area (Å²) in [6, 6.07) is 0. The number of esters is 1. The molecule has 0 heterocycles. The van der Waals surface area contributed by atoms with E-state index >= 15 is 0 Å². The van der Waals surface area contributed by atoms with Crippen molar-refractivity contribution in [3.8, 4) is 0 Å². The van der Waals surface area contributed by atoms with Gasteiger partial charge in [0.2, 0.25) is 0 Å². The van der Waals surface area contributed by atoms with Crippen molar-refractivity contribution in [1.29, 1.82) is 0 Å².